The average molecular weight is 681 g/mol. The number of nitrogens with zero attached hydrogens (tertiary/aromatic N) is 5. The number of amides is 1. The molecule has 0 bridgehead atoms. The lowest BCUT2D eigenvalue weighted by atomic mass is 9.93. The molecule has 1 unspecified atom stereocenters. The van der Waals surface area contributed by atoms with Gasteiger partial charge in [-0.3, -0.25) is 14.7 Å². The summed E-state index contributed by atoms with van der Waals surface area (Å²) in [6, 6.07) is 18.5. The predicted octanol–water partition coefficient (Wildman–Crippen LogP) is 6.72. The molecule has 8 rings (SSSR count). The lowest BCUT2D eigenvalue weighted by Gasteiger charge is -2.32. The highest BCUT2D eigenvalue weighted by atomic mass is 35.5. The van der Waals surface area contributed by atoms with Crippen molar-refractivity contribution >= 4 is 34.2 Å². The van der Waals surface area contributed by atoms with E-state index in [2.05, 4.69) is 25.8 Å². The van der Waals surface area contributed by atoms with Crippen LogP contribution in [0.5, 0.6) is 5.88 Å². The van der Waals surface area contributed by atoms with Crippen molar-refractivity contribution < 1.29 is 18.7 Å². The van der Waals surface area contributed by atoms with Crippen molar-refractivity contribution in [2.75, 3.05) is 25.0 Å². The summed E-state index contributed by atoms with van der Waals surface area (Å²) in [5.74, 6) is 1.36. The van der Waals surface area contributed by atoms with Crippen LogP contribution >= 0.6 is 11.6 Å². The second kappa shape index (κ2) is 13.9. The quantitative estimate of drug-likeness (QED) is 0.175. The van der Waals surface area contributed by atoms with Crippen LogP contribution in [-0.4, -0.2) is 56.1 Å². The number of rotatable bonds is 10. The first kappa shape index (κ1) is 31.9. The number of carbonyl (C=O) groups is 1. The maximum Gasteiger partial charge on any atom is 0.228 e. The molecule has 2 fully saturated rings. The Morgan fingerprint density at radius 2 is 1.88 bits per heavy atom. The van der Waals surface area contributed by atoms with Gasteiger partial charge in [0.1, 0.15) is 18.2 Å². The lowest BCUT2D eigenvalue weighted by molar-refractivity contribution is -0.119. The summed E-state index contributed by atoms with van der Waals surface area (Å²) >= 11 is 5.88. The molecule has 1 amide bonds. The molecule has 2 aromatic carbocycles. The van der Waals surface area contributed by atoms with E-state index < -0.39 is 0 Å². The monoisotopic (exact) mass is 680 g/mol. The van der Waals surface area contributed by atoms with Crippen molar-refractivity contribution in [1.29, 1.82) is 0 Å². The van der Waals surface area contributed by atoms with Gasteiger partial charge in [-0.15, -0.1) is 0 Å². The normalized spacial score (nSPS) is 19.5. The van der Waals surface area contributed by atoms with Gasteiger partial charge in [0.25, 0.3) is 0 Å². The molecule has 3 aromatic heterocycles. The molecule has 1 aliphatic carbocycles. The third-order valence-corrected chi connectivity index (χ3v) is 10.3. The summed E-state index contributed by atoms with van der Waals surface area (Å²) in [5, 5.41) is 3.51. The van der Waals surface area contributed by atoms with E-state index in [-0.39, 0.29) is 30.4 Å². The first-order valence-electron chi connectivity index (χ1n) is 17.0. The molecule has 252 valence electrons. The number of anilines is 1. The molecule has 9 nitrogen and oxygen atoms in total. The van der Waals surface area contributed by atoms with Crippen LogP contribution in [0.15, 0.2) is 73.1 Å². The highest BCUT2D eigenvalue weighted by molar-refractivity contribution is 6.30. The fourth-order valence-corrected chi connectivity index (χ4v) is 7.36. The molecule has 2 aliphatic heterocycles. The minimum Gasteiger partial charge on any atom is -0.473 e. The summed E-state index contributed by atoms with van der Waals surface area (Å²) < 4.78 is 28.2. The molecule has 11 heteroatoms. The standard InChI is InChI=1S/C38H38ClFN6O3/c39-29-5-4-26(32(40)18-29)23-49-37-3-1-2-33(44-37)24-9-13-45(14-10-24)22-36-43-34-19-30(6-7-35(34)46(36)21-31-11-15-48-31)42-38(47)27-16-25-8-12-41-20-28(25)17-27/h1-8,12,18-20,24,27,31H,9-11,13-17,21-23H2,(H,42,47)/t27?,31-/m0/s1. The van der Waals surface area contributed by atoms with Gasteiger partial charge in [-0.1, -0.05) is 23.7 Å². The number of piperidine rings is 1. The summed E-state index contributed by atoms with van der Waals surface area (Å²) in [6.45, 7) is 4.21. The number of halogens is 2. The molecule has 0 radical (unpaired) electrons. The van der Waals surface area contributed by atoms with Crippen LogP contribution in [0.2, 0.25) is 5.02 Å². The van der Waals surface area contributed by atoms with Gasteiger partial charge >= 0.3 is 0 Å². The number of likely N-dealkylation sites (tertiary alicyclic amines) is 1. The Labute approximate surface area is 289 Å². The largest absolute Gasteiger partial charge is 0.473 e. The highest BCUT2D eigenvalue weighted by Gasteiger charge is 2.29. The zero-order valence-electron chi connectivity index (χ0n) is 27.2. The molecule has 5 aromatic rings. The first-order valence-corrected chi connectivity index (χ1v) is 17.4. The zero-order valence-corrected chi connectivity index (χ0v) is 27.9. The second-order valence-electron chi connectivity index (χ2n) is 13.3. The van der Waals surface area contributed by atoms with Crippen LogP contribution in [0.25, 0.3) is 11.0 Å². The number of imidazole rings is 1. The van der Waals surface area contributed by atoms with E-state index in [9.17, 15) is 9.18 Å². The topological polar surface area (TPSA) is 94.4 Å². The Morgan fingerprint density at radius 1 is 1.02 bits per heavy atom. The zero-order chi connectivity index (χ0) is 33.3. The van der Waals surface area contributed by atoms with E-state index in [1.54, 1.807) is 18.3 Å². The molecule has 3 aliphatic rings. The minimum atomic E-state index is -0.388. The molecule has 49 heavy (non-hydrogen) atoms. The van der Waals surface area contributed by atoms with E-state index in [0.29, 0.717) is 22.4 Å². The lowest BCUT2D eigenvalue weighted by Crippen LogP contribution is -2.35. The number of benzene rings is 2. The van der Waals surface area contributed by atoms with E-state index >= 15 is 0 Å². The van der Waals surface area contributed by atoms with Crippen molar-refractivity contribution in [3.05, 3.63) is 112 Å². The molecular formula is C38H38ClFN6O3. The smallest absolute Gasteiger partial charge is 0.228 e. The Kier molecular flexibility index (Phi) is 9.01. The summed E-state index contributed by atoms with van der Waals surface area (Å²) in [6.07, 6.45) is 8.28. The van der Waals surface area contributed by atoms with Gasteiger partial charge in [0, 0.05) is 58.9 Å². The molecule has 2 atom stereocenters. The number of carbonyl (C=O) groups excluding carboxylic acids is 1. The van der Waals surface area contributed by atoms with Gasteiger partial charge in [0.15, 0.2) is 0 Å². The Bertz CT molecular complexity index is 1960. The predicted molar refractivity (Wildman–Crippen MR) is 185 cm³/mol. The molecule has 0 spiro atoms. The third-order valence-electron chi connectivity index (χ3n) is 10.1. The van der Waals surface area contributed by atoms with Crippen LogP contribution in [0, 0.1) is 11.7 Å². The van der Waals surface area contributed by atoms with E-state index in [1.807, 2.05) is 42.6 Å². The van der Waals surface area contributed by atoms with Crippen molar-refractivity contribution in [1.82, 2.24) is 24.4 Å². The minimum absolute atomic E-state index is 0.0305. The number of nitrogens with one attached hydrogen (secondary N) is 1. The number of hydrogen-bond donors (Lipinski definition) is 1. The number of aromatic nitrogens is 4. The van der Waals surface area contributed by atoms with Gasteiger partial charge < -0.3 is 19.4 Å². The van der Waals surface area contributed by atoms with Crippen molar-refractivity contribution in [3.63, 3.8) is 0 Å². The summed E-state index contributed by atoms with van der Waals surface area (Å²) in [5.41, 5.74) is 6.49. The first-order chi connectivity index (χ1) is 23.9. The molecule has 0 saturated carbocycles. The maximum atomic E-state index is 14.2. The summed E-state index contributed by atoms with van der Waals surface area (Å²) in [7, 11) is 0. The van der Waals surface area contributed by atoms with Gasteiger partial charge in [-0.25, -0.2) is 14.4 Å². The molecule has 5 heterocycles. The van der Waals surface area contributed by atoms with Crippen LogP contribution in [0.3, 0.4) is 0 Å². The Morgan fingerprint density at radius 3 is 2.67 bits per heavy atom. The Balaban J connectivity index is 0.917. The number of ether oxygens (including phenoxy) is 2. The third kappa shape index (κ3) is 7.04. The summed E-state index contributed by atoms with van der Waals surface area (Å²) in [4.78, 5) is 29.7. The SMILES string of the molecule is O=C(Nc1ccc2c(c1)nc(CN1CCC(c3cccc(OCc4ccc(Cl)cc4F)n3)CC1)n2C[C@@H]1CCO1)C1Cc2ccncc2C1. The molecular weight excluding hydrogens is 643 g/mol. The van der Waals surface area contributed by atoms with Crippen LogP contribution < -0.4 is 10.1 Å². The van der Waals surface area contributed by atoms with E-state index in [1.165, 1.54) is 11.6 Å². The maximum absolute atomic E-state index is 14.2. The number of hydrogen-bond acceptors (Lipinski definition) is 7. The van der Waals surface area contributed by atoms with Gasteiger partial charge in [0.05, 0.1) is 30.2 Å². The van der Waals surface area contributed by atoms with Crippen LogP contribution in [-0.2, 0) is 42.1 Å². The van der Waals surface area contributed by atoms with E-state index in [0.717, 1.165) is 98.7 Å². The van der Waals surface area contributed by atoms with Crippen LogP contribution in [0.1, 0.15) is 53.4 Å². The Hall–Kier alpha value is -4.38. The number of fused-ring (bicyclic) bond motifs is 2. The fourth-order valence-electron chi connectivity index (χ4n) is 7.20. The number of pyridine rings is 2. The molecule has 1 N–H and O–H groups in total. The van der Waals surface area contributed by atoms with Gasteiger partial charge in [0.2, 0.25) is 11.8 Å². The highest BCUT2D eigenvalue weighted by Crippen LogP contribution is 2.31. The second-order valence-corrected chi connectivity index (χ2v) is 13.8. The molecule has 2 saturated heterocycles. The average Bonchev–Trinajstić information content (AvgIpc) is 3.67. The van der Waals surface area contributed by atoms with Crippen molar-refractivity contribution in [3.8, 4) is 5.88 Å². The van der Waals surface area contributed by atoms with Gasteiger partial charge in [-0.2, -0.15) is 0 Å². The van der Waals surface area contributed by atoms with Crippen molar-refractivity contribution in [2.24, 2.45) is 5.92 Å². The van der Waals surface area contributed by atoms with E-state index in [4.69, 9.17) is 31.0 Å². The van der Waals surface area contributed by atoms with Gasteiger partial charge in [-0.05, 0) is 98.8 Å². The van der Waals surface area contributed by atoms with Crippen LogP contribution in [0.4, 0.5) is 10.1 Å². The fraction of sp³-hybridized carbons (Fsp3) is 0.368. The van der Waals surface area contributed by atoms with Crippen molar-refractivity contribution in [2.45, 2.75) is 63.8 Å².